The van der Waals surface area contributed by atoms with Crippen molar-refractivity contribution in [1.82, 2.24) is 0 Å². The molecular weight excluding hydrogens is 440 g/mol. The van der Waals surface area contributed by atoms with Gasteiger partial charge in [0.05, 0.1) is 25.5 Å². The van der Waals surface area contributed by atoms with Crippen molar-refractivity contribution in [1.29, 1.82) is 0 Å². The Morgan fingerprint density at radius 2 is 1.45 bits per heavy atom. The van der Waals surface area contributed by atoms with Gasteiger partial charge >= 0.3 is 0 Å². The van der Waals surface area contributed by atoms with E-state index in [9.17, 15) is 9.59 Å². The van der Waals surface area contributed by atoms with Gasteiger partial charge in [-0.15, -0.1) is 0 Å². The number of nitrogens with one attached hydrogen (secondary N) is 1. The lowest BCUT2D eigenvalue weighted by atomic mass is 10.0. The number of hydrogen-bond donors (Lipinski definition) is 1. The minimum atomic E-state index is -0.472. The number of imide groups is 1. The van der Waals surface area contributed by atoms with Gasteiger partial charge in [-0.05, 0) is 43.2 Å². The molecule has 0 saturated carbocycles. The summed E-state index contributed by atoms with van der Waals surface area (Å²) in [5.41, 5.74) is 4.06. The topological polar surface area (TPSA) is 67.9 Å². The lowest BCUT2D eigenvalue weighted by molar-refractivity contribution is -0.120. The van der Waals surface area contributed by atoms with Gasteiger partial charge in [0, 0.05) is 28.9 Å². The fraction of sp³-hybridized carbons (Fsp3) is 0.154. The summed E-state index contributed by atoms with van der Waals surface area (Å²) in [5.74, 6) is 0.0297. The fourth-order valence-electron chi connectivity index (χ4n) is 3.69. The van der Waals surface area contributed by atoms with Crippen molar-refractivity contribution in [2.45, 2.75) is 13.8 Å². The number of nitrogens with zero attached hydrogens (tertiary/aromatic N) is 1. The number of rotatable bonds is 6. The monoisotopic (exact) mass is 462 g/mol. The molecule has 1 heterocycles. The molecule has 3 aromatic rings. The zero-order valence-electron chi connectivity index (χ0n) is 18.7. The molecule has 0 aromatic heterocycles. The summed E-state index contributed by atoms with van der Waals surface area (Å²) < 4.78 is 10.7. The highest BCUT2D eigenvalue weighted by atomic mass is 35.5. The van der Waals surface area contributed by atoms with E-state index in [0.29, 0.717) is 33.5 Å². The number of amides is 2. The number of aryl methyl sites for hydroxylation is 2. The molecule has 0 spiro atoms. The van der Waals surface area contributed by atoms with Crippen LogP contribution >= 0.6 is 11.6 Å². The largest absolute Gasteiger partial charge is 0.497 e. The molecule has 0 atom stereocenters. The number of benzene rings is 3. The molecule has 0 aliphatic carbocycles. The second-order valence-corrected chi connectivity index (χ2v) is 8.15. The van der Waals surface area contributed by atoms with Crippen LogP contribution in [0.2, 0.25) is 5.02 Å². The van der Waals surface area contributed by atoms with Gasteiger partial charge < -0.3 is 14.8 Å². The highest BCUT2D eigenvalue weighted by Gasteiger charge is 2.40. The van der Waals surface area contributed by atoms with Crippen LogP contribution in [0.25, 0.3) is 5.57 Å². The molecule has 1 N–H and O–H groups in total. The predicted molar refractivity (Wildman–Crippen MR) is 130 cm³/mol. The van der Waals surface area contributed by atoms with Crippen LogP contribution in [0, 0.1) is 13.8 Å². The lowest BCUT2D eigenvalue weighted by Gasteiger charge is -2.17. The van der Waals surface area contributed by atoms with Crippen LogP contribution < -0.4 is 19.7 Å². The molecular formula is C26H23ClN2O4. The second-order valence-electron chi connectivity index (χ2n) is 7.72. The Balaban J connectivity index is 1.85. The number of hydrogen-bond acceptors (Lipinski definition) is 5. The van der Waals surface area contributed by atoms with E-state index < -0.39 is 11.8 Å². The van der Waals surface area contributed by atoms with E-state index >= 15 is 0 Å². The first-order valence-corrected chi connectivity index (χ1v) is 10.7. The average Bonchev–Trinajstić information content (AvgIpc) is 3.05. The normalized spacial score (nSPS) is 13.5. The van der Waals surface area contributed by atoms with Gasteiger partial charge in [-0.25, -0.2) is 4.90 Å². The maximum Gasteiger partial charge on any atom is 0.282 e. The summed E-state index contributed by atoms with van der Waals surface area (Å²) in [7, 11) is 3.02. The molecule has 6 nitrogen and oxygen atoms in total. The zero-order valence-corrected chi connectivity index (χ0v) is 19.5. The zero-order chi connectivity index (χ0) is 23.7. The van der Waals surface area contributed by atoms with Gasteiger partial charge in [0.2, 0.25) is 0 Å². The van der Waals surface area contributed by atoms with Crippen LogP contribution in [-0.4, -0.2) is 26.0 Å². The van der Waals surface area contributed by atoms with Crippen molar-refractivity contribution < 1.29 is 19.1 Å². The third-order valence-corrected chi connectivity index (χ3v) is 5.70. The molecule has 168 valence electrons. The van der Waals surface area contributed by atoms with Gasteiger partial charge in [0.25, 0.3) is 11.8 Å². The van der Waals surface area contributed by atoms with E-state index in [0.717, 1.165) is 16.0 Å². The number of ether oxygens (including phenoxy) is 2. The lowest BCUT2D eigenvalue weighted by Crippen LogP contribution is -2.32. The van der Waals surface area contributed by atoms with Crippen LogP contribution in [0.4, 0.5) is 11.4 Å². The number of anilines is 2. The highest BCUT2D eigenvalue weighted by Crippen LogP contribution is 2.37. The molecule has 0 saturated heterocycles. The molecule has 1 aliphatic rings. The molecule has 4 rings (SSSR count). The van der Waals surface area contributed by atoms with Gasteiger partial charge in [0.15, 0.2) is 0 Å². The van der Waals surface area contributed by atoms with Gasteiger partial charge in [-0.3, -0.25) is 9.59 Å². The standard InChI is InChI=1S/C26H23ClN2O4/c1-15-5-7-17(8-6-15)23-24(28-22-10-9-18(27)11-16(22)2)26(31)29(25(23)30)19-12-20(32-3)14-21(13-19)33-4/h5-14,28H,1-4H3. The van der Waals surface area contributed by atoms with Gasteiger partial charge in [-0.2, -0.15) is 0 Å². The first-order valence-electron chi connectivity index (χ1n) is 10.3. The Morgan fingerprint density at radius 1 is 0.818 bits per heavy atom. The van der Waals surface area contributed by atoms with Crippen molar-refractivity contribution in [3.8, 4) is 11.5 Å². The minimum absolute atomic E-state index is 0.191. The van der Waals surface area contributed by atoms with Crippen LogP contribution in [0.5, 0.6) is 11.5 Å². The molecule has 2 amide bonds. The van der Waals surface area contributed by atoms with Crippen molar-refractivity contribution in [2.24, 2.45) is 0 Å². The Kier molecular flexibility index (Phi) is 6.11. The average molecular weight is 463 g/mol. The highest BCUT2D eigenvalue weighted by molar-refractivity contribution is 6.46. The first-order chi connectivity index (χ1) is 15.8. The van der Waals surface area contributed by atoms with Crippen molar-refractivity contribution in [3.05, 3.63) is 88.1 Å². The van der Waals surface area contributed by atoms with Crippen molar-refractivity contribution in [2.75, 3.05) is 24.4 Å². The number of halogens is 1. The van der Waals surface area contributed by atoms with Gasteiger partial charge in [-0.1, -0.05) is 41.4 Å². The molecule has 0 unspecified atom stereocenters. The summed E-state index contributed by atoms with van der Waals surface area (Å²) in [4.78, 5) is 28.4. The van der Waals surface area contributed by atoms with E-state index in [2.05, 4.69) is 5.32 Å². The van der Waals surface area contributed by atoms with Crippen LogP contribution in [0.1, 0.15) is 16.7 Å². The molecule has 1 aliphatic heterocycles. The van der Waals surface area contributed by atoms with Crippen molar-refractivity contribution >= 4 is 40.4 Å². The van der Waals surface area contributed by atoms with Crippen LogP contribution in [-0.2, 0) is 9.59 Å². The Labute approximate surface area is 197 Å². The smallest absolute Gasteiger partial charge is 0.282 e. The van der Waals surface area contributed by atoms with Gasteiger partial charge in [0.1, 0.15) is 17.2 Å². The minimum Gasteiger partial charge on any atom is -0.497 e. The predicted octanol–water partition coefficient (Wildman–Crippen LogP) is 5.37. The molecule has 0 radical (unpaired) electrons. The maximum absolute atomic E-state index is 13.6. The summed E-state index contributed by atoms with van der Waals surface area (Å²) in [6.07, 6.45) is 0. The number of methoxy groups -OCH3 is 2. The van der Waals surface area contributed by atoms with E-state index in [1.54, 1.807) is 36.4 Å². The summed E-state index contributed by atoms with van der Waals surface area (Å²) in [6.45, 7) is 3.84. The Morgan fingerprint density at radius 3 is 2.03 bits per heavy atom. The Bertz CT molecular complexity index is 1260. The first kappa shape index (κ1) is 22.4. The molecule has 3 aromatic carbocycles. The van der Waals surface area contributed by atoms with E-state index in [-0.39, 0.29) is 11.3 Å². The van der Waals surface area contributed by atoms with E-state index in [1.165, 1.54) is 14.2 Å². The van der Waals surface area contributed by atoms with E-state index in [4.69, 9.17) is 21.1 Å². The number of carbonyl (C=O) groups excluding carboxylic acids is 2. The maximum atomic E-state index is 13.6. The summed E-state index contributed by atoms with van der Waals surface area (Å²) in [5, 5.41) is 3.77. The molecule has 7 heteroatoms. The third-order valence-electron chi connectivity index (χ3n) is 5.47. The van der Waals surface area contributed by atoms with Crippen LogP contribution in [0.15, 0.2) is 66.4 Å². The Hall–Kier alpha value is -3.77. The third kappa shape index (κ3) is 4.30. The van der Waals surface area contributed by atoms with Crippen molar-refractivity contribution in [3.63, 3.8) is 0 Å². The molecule has 0 fully saturated rings. The summed E-state index contributed by atoms with van der Waals surface area (Å²) in [6, 6.07) is 17.7. The molecule has 33 heavy (non-hydrogen) atoms. The second kappa shape index (κ2) is 9.00. The quantitative estimate of drug-likeness (QED) is 0.499. The SMILES string of the molecule is COc1cc(OC)cc(N2C(=O)C(Nc3ccc(Cl)cc3C)=C(c3ccc(C)cc3)C2=O)c1. The summed E-state index contributed by atoms with van der Waals surface area (Å²) >= 11 is 6.09. The fourth-order valence-corrected chi connectivity index (χ4v) is 3.92. The van der Waals surface area contributed by atoms with Crippen LogP contribution in [0.3, 0.4) is 0 Å². The molecule has 0 bridgehead atoms. The van der Waals surface area contributed by atoms with E-state index in [1.807, 2.05) is 38.1 Å². The number of carbonyl (C=O) groups is 2.